The molecule has 9 heteroatoms. The van der Waals surface area contributed by atoms with Gasteiger partial charge in [-0.3, -0.25) is 14.1 Å². The molecule has 0 aliphatic heterocycles. The molecule has 2 heterocycles. The highest BCUT2D eigenvalue weighted by Crippen LogP contribution is 2.38. The molecule has 0 fully saturated rings. The number of fused-ring (bicyclic) bond motifs is 1. The fourth-order valence-electron chi connectivity index (χ4n) is 4.15. The highest BCUT2D eigenvalue weighted by Gasteiger charge is 2.20. The van der Waals surface area contributed by atoms with Crippen molar-refractivity contribution in [2.24, 2.45) is 0 Å². The Labute approximate surface area is 193 Å². The summed E-state index contributed by atoms with van der Waals surface area (Å²) in [5.41, 5.74) is 4.25. The number of H-pyrrole nitrogens is 1. The van der Waals surface area contributed by atoms with Crippen molar-refractivity contribution in [3.63, 3.8) is 0 Å². The number of rotatable bonds is 6. The second-order valence-corrected chi connectivity index (χ2v) is 7.58. The SMILES string of the molecule is CCOc1cc(-n2c(C)nc3cccc(C(=O)O)c32)ccc1-c1ccccc1-c1noc(=O)[nH]1. The predicted octanol–water partition coefficient (Wildman–Crippen LogP) is 4.44. The molecule has 5 rings (SSSR count). The van der Waals surface area contributed by atoms with Crippen LogP contribution in [0.25, 0.3) is 39.2 Å². The summed E-state index contributed by atoms with van der Waals surface area (Å²) in [7, 11) is 0. The van der Waals surface area contributed by atoms with Gasteiger partial charge in [0.1, 0.15) is 11.6 Å². The fourth-order valence-corrected chi connectivity index (χ4v) is 4.15. The van der Waals surface area contributed by atoms with Gasteiger partial charge < -0.3 is 9.84 Å². The Morgan fingerprint density at radius 1 is 1.09 bits per heavy atom. The maximum atomic E-state index is 11.9. The first-order valence-corrected chi connectivity index (χ1v) is 10.6. The van der Waals surface area contributed by atoms with Gasteiger partial charge in [-0.15, -0.1) is 0 Å². The van der Waals surface area contributed by atoms with Crippen LogP contribution in [0.4, 0.5) is 0 Å². The molecule has 34 heavy (non-hydrogen) atoms. The summed E-state index contributed by atoms with van der Waals surface area (Å²) in [6, 6.07) is 18.1. The molecule has 0 aliphatic rings. The van der Waals surface area contributed by atoms with Gasteiger partial charge in [-0.1, -0.05) is 35.5 Å². The standard InChI is InChI=1S/C25H20N4O5/c1-3-33-21-13-15(29-14(2)26-20-10-6-9-19(22(20)29)24(30)31)11-12-17(21)16-7-4-5-8-18(16)23-27-25(32)34-28-23/h4-13H,3H2,1-2H3,(H,30,31)(H,27,28,32). The van der Waals surface area contributed by atoms with Crippen molar-refractivity contribution in [3.05, 3.63) is 82.6 Å². The number of hydrogen-bond donors (Lipinski definition) is 2. The second kappa shape index (κ2) is 8.36. The highest BCUT2D eigenvalue weighted by atomic mass is 16.5. The average molecular weight is 456 g/mol. The first kappa shape index (κ1) is 21.2. The number of imidazole rings is 1. The Morgan fingerprint density at radius 2 is 1.88 bits per heavy atom. The minimum Gasteiger partial charge on any atom is -0.493 e. The van der Waals surface area contributed by atoms with Crippen LogP contribution >= 0.6 is 0 Å². The summed E-state index contributed by atoms with van der Waals surface area (Å²) < 4.78 is 12.5. The van der Waals surface area contributed by atoms with Crippen LogP contribution in [0.1, 0.15) is 23.1 Å². The molecule has 0 aliphatic carbocycles. The van der Waals surface area contributed by atoms with Gasteiger partial charge in [-0.25, -0.2) is 14.6 Å². The molecular weight excluding hydrogens is 436 g/mol. The molecule has 2 N–H and O–H groups in total. The summed E-state index contributed by atoms with van der Waals surface area (Å²) in [6.07, 6.45) is 0. The topological polar surface area (TPSA) is 123 Å². The third-order valence-electron chi connectivity index (χ3n) is 5.51. The lowest BCUT2D eigenvalue weighted by Gasteiger charge is -2.16. The predicted molar refractivity (Wildman–Crippen MR) is 125 cm³/mol. The van der Waals surface area contributed by atoms with E-state index < -0.39 is 11.7 Å². The number of nitrogens with one attached hydrogen (secondary N) is 1. The number of hydrogen-bond acceptors (Lipinski definition) is 6. The molecule has 170 valence electrons. The van der Waals surface area contributed by atoms with E-state index in [2.05, 4.69) is 19.6 Å². The molecule has 0 spiro atoms. The maximum Gasteiger partial charge on any atom is 0.439 e. The highest BCUT2D eigenvalue weighted by molar-refractivity contribution is 6.02. The number of aromatic amines is 1. The summed E-state index contributed by atoms with van der Waals surface area (Å²) in [4.78, 5) is 30.5. The number of aromatic carboxylic acids is 1. The van der Waals surface area contributed by atoms with E-state index in [0.717, 1.165) is 11.1 Å². The second-order valence-electron chi connectivity index (χ2n) is 7.58. The normalized spacial score (nSPS) is 11.1. The summed E-state index contributed by atoms with van der Waals surface area (Å²) >= 11 is 0. The molecule has 0 atom stereocenters. The molecule has 0 saturated heterocycles. The van der Waals surface area contributed by atoms with Crippen molar-refractivity contribution in [1.82, 2.24) is 19.7 Å². The zero-order chi connectivity index (χ0) is 23.8. The molecule has 5 aromatic rings. The van der Waals surface area contributed by atoms with Gasteiger partial charge >= 0.3 is 11.7 Å². The maximum absolute atomic E-state index is 11.9. The number of benzene rings is 3. The van der Waals surface area contributed by atoms with Crippen molar-refractivity contribution in [2.45, 2.75) is 13.8 Å². The minimum absolute atomic E-state index is 0.167. The van der Waals surface area contributed by atoms with Gasteiger partial charge in [-0.05, 0) is 43.7 Å². The van der Waals surface area contributed by atoms with E-state index in [0.29, 0.717) is 46.3 Å². The number of carboxylic acid groups (broad SMARTS) is 1. The molecule has 0 radical (unpaired) electrons. The van der Waals surface area contributed by atoms with Crippen molar-refractivity contribution >= 4 is 17.0 Å². The molecule has 9 nitrogen and oxygen atoms in total. The number of aromatic nitrogens is 4. The molecule has 0 unspecified atom stereocenters. The van der Waals surface area contributed by atoms with Crippen LogP contribution in [0.15, 0.2) is 70.0 Å². The number of nitrogens with zero attached hydrogens (tertiary/aromatic N) is 3. The van der Waals surface area contributed by atoms with Crippen LogP contribution in [-0.2, 0) is 0 Å². The quantitative estimate of drug-likeness (QED) is 0.387. The van der Waals surface area contributed by atoms with E-state index in [9.17, 15) is 14.7 Å². The van der Waals surface area contributed by atoms with E-state index in [1.165, 1.54) is 0 Å². The average Bonchev–Trinajstić information content (AvgIpc) is 3.41. The molecule has 0 amide bonds. The van der Waals surface area contributed by atoms with Gasteiger partial charge in [0.15, 0.2) is 5.82 Å². The lowest BCUT2D eigenvalue weighted by atomic mass is 9.98. The Kier molecular flexibility index (Phi) is 5.21. The van der Waals surface area contributed by atoms with Crippen molar-refractivity contribution in [3.8, 4) is 34.0 Å². The van der Waals surface area contributed by atoms with E-state index in [-0.39, 0.29) is 5.56 Å². The van der Waals surface area contributed by atoms with Gasteiger partial charge in [-0.2, -0.15) is 0 Å². The van der Waals surface area contributed by atoms with Crippen molar-refractivity contribution in [2.75, 3.05) is 6.61 Å². The van der Waals surface area contributed by atoms with Crippen molar-refractivity contribution in [1.29, 1.82) is 0 Å². The van der Waals surface area contributed by atoms with E-state index in [1.807, 2.05) is 60.9 Å². The van der Waals surface area contributed by atoms with Gasteiger partial charge in [0, 0.05) is 17.2 Å². The smallest absolute Gasteiger partial charge is 0.439 e. The van der Waals surface area contributed by atoms with E-state index in [1.54, 1.807) is 18.2 Å². The van der Waals surface area contributed by atoms with Gasteiger partial charge in [0.2, 0.25) is 0 Å². The lowest BCUT2D eigenvalue weighted by molar-refractivity contribution is 0.0698. The van der Waals surface area contributed by atoms with Crippen LogP contribution < -0.4 is 10.5 Å². The Morgan fingerprint density at radius 3 is 2.59 bits per heavy atom. The van der Waals surface area contributed by atoms with Crippen LogP contribution in [0.5, 0.6) is 5.75 Å². The van der Waals surface area contributed by atoms with Crippen LogP contribution in [0.2, 0.25) is 0 Å². The summed E-state index contributed by atoms with van der Waals surface area (Å²) in [6.45, 7) is 4.14. The fraction of sp³-hybridized carbons (Fsp3) is 0.120. The summed E-state index contributed by atoms with van der Waals surface area (Å²) in [5, 5.41) is 13.6. The van der Waals surface area contributed by atoms with Gasteiger partial charge in [0.25, 0.3) is 0 Å². The largest absolute Gasteiger partial charge is 0.493 e. The van der Waals surface area contributed by atoms with Crippen molar-refractivity contribution < 1.29 is 19.2 Å². The molecule has 2 aromatic heterocycles. The molecular formula is C25H20N4O5. The van der Waals surface area contributed by atoms with E-state index >= 15 is 0 Å². The van der Waals surface area contributed by atoms with Crippen LogP contribution in [0, 0.1) is 6.92 Å². The number of ether oxygens (including phenoxy) is 1. The first-order valence-electron chi connectivity index (χ1n) is 10.6. The Bertz CT molecular complexity index is 1590. The number of carbonyl (C=O) groups is 1. The summed E-state index contributed by atoms with van der Waals surface area (Å²) in [5.74, 6) is -0.104. The molecule has 3 aromatic carbocycles. The third-order valence-corrected chi connectivity index (χ3v) is 5.51. The zero-order valence-electron chi connectivity index (χ0n) is 18.4. The van der Waals surface area contributed by atoms with E-state index in [4.69, 9.17) is 4.74 Å². The monoisotopic (exact) mass is 456 g/mol. The van der Waals surface area contributed by atoms with Gasteiger partial charge in [0.05, 0.1) is 28.9 Å². The zero-order valence-corrected chi connectivity index (χ0v) is 18.4. The number of aryl methyl sites for hydroxylation is 1. The first-order chi connectivity index (χ1) is 16.5. The minimum atomic E-state index is -1.02. The lowest BCUT2D eigenvalue weighted by Crippen LogP contribution is -2.04. The number of carboxylic acids is 1. The number of para-hydroxylation sites is 1. The van der Waals surface area contributed by atoms with Crippen LogP contribution in [-0.4, -0.2) is 37.4 Å². The Hall–Kier alpha value is -4.66. The van der Waals surface area contributed by atoms with Crippen LogP contribution in [0.3, 0.4) is 0 Å². The molecule has 0 bridgehead atoms. The Balaban J connectivity index is 1.72. The molecule has 0 saturated carbocycles. The third kappa shape index (κ3) is 3.53.